The molecule has 0 amide bonds. The van der Waals surface area contributed by atoms with Crippen molar-refractivity contribution in [3.63, 3.8) is 0 Å². The third kappa shape index (κ3) is 9.02. The van der Waals surface area contributed by atoms with E-state index in [9.17, 15) is 21.6 Å². The molecule has 3 aromatic rings. The van der Waals surface area contributed by atoms with Gasteiger partial charge in [0.15, 0.2) is 0 Å². The number of sulfonamides is 1. The molecule has 2 aliphatic rings. The molecule has 0 radical (unpaired) electrons. The highest BCUT2D eigenvalue weighted by Crippen LogP contribution is 2.32. The number of fused-ring (bicyclic) bond motifs is 1. The van der Waals surface area contributed by atoms with Crippen LogP contribution in [0.2, 0.25) is 0 Å². The van der Waals surface area contributed by atoms with Crippen LogP contribution in [-0.2, 0) is 34.2 Å². The molecule has 1 aliphatic heterocycles. The van der Waals surface area contributed by atoms with Crippen LogP contribution in [0.3, 0.4) is 0 Å². The zero-order valence-corrected chi connectivity index (χ0v) is 24.7. The van der Waals surface area contributed by atoms with Crippen molar-refractivity contribution in [1.29, 1.82) is 0 Å². The summed E-state index contributed by atoms with van der Waals surface area (Å²) in [6, 6.07) is 22.3. The van der Waals surface area contributed by atoms with Gasteiger partial charge in [-0.1, -0.05) is 42.5 Å². The summed E-state index contributed by atoms with van der Waals surface area (Å²) in [6.45, 7) is 4.01. The highest BCUT2D eigenvalue weighted by molar-refractivity contribution is 7.89. The lowest BCUT2D eigenvalue weighted by molar-refractivity contribution is -0.192. The van der Waals surface area contributed by atoms with Gasteiger partial charge in [0.25, 0.3) is 0 Å². The number of benzene rings is 3. The van der Waals surface area contributed by atoms with Gasteiger partial charge in [-0.3, -0.25) is 0 Å². The summed E-state index contributed by atoms with van der Waals surface area (Å²) < 4.78 is 66.1. The average Bonchev–Trinajstić information content (AvgIpc) is 3.65. The third-order valence-corrected chi connectivity index (χ3v) is 8.99. The lowest BCUT2D eigenvalue weighted by Crippen LogP contribution is -2.33. The SMILES string of the molecule is COc1ccc(CNC2Cc3ccccc3C2)cc1-c1cccc(S(=O)(=O)NCCN2CCCC2)c1.O=C(O)C(F)(F)F. The van der Waals surface area contributed by atoms with E-state index in [0.717, 1.165) is 61.5 Å². The molecule has 5 rings (SSSR count). The van der Waals surface area contributed by atoms with Gasteiger partial charge in [-0.15, -0.1) is 0 Å². The quantitative estimate of drug-likeness (QED) is 0.304. The largest absolute Gasteiger partial charge is 0.496 e. The molecule has 0 unspecified atom stereocenters. The monoisotopic (exact) mass is 619 g/mol. The van der Waals surface area contributed by atoms with Crippen LogP contribution in [0.25, 0.3) is 11.1 Å². The minimum absolute atomic E-state index is 0.274. The van der Waals surface area contributed by atoms with E-state index in [2.05, 4.69) is 51.3 Å². The summed E-state index contributed by atoms with van der Waals surface area (Å²) >= 11 is 0. The van der Waals surface area contributed by atoms with Crippen LogP contribution in [0.5, 0.6) is 5.75 Å². The van der Waals surface area contributed by atoms with E-state index in [1.807, 2.05) is 12.1 Å². The van der Waals surface area contributed by atoms with Crippen LogP contribution in [-0.4, -0.2) is 69.9 Å². The zero-order valence-electron chi connectivity index (χ0n) is 23.9. The number of carboxylic acid groups (broad SMARTS) is 1. The summed E-state index contributed by atoms with van der Waals surface area (Å²) in [7, 11) is -1.94. The van der Waals surface area contributed by atoms with Gasteiger partial charge < -0.3 is 20.1 Å². The Morgan fingerprint density at radius 2 is 1.65 bits per heavy atom. The highest BCUT2D eigenvalue weighted by atomic mass is 32.2. The number of aliphatic carboxylic acids is 1. The summed E-state index contributed by atoms with van der Waals surface area (Å²) in [6.07, 6.45) is -0.604. The molecular weight excluding hydrogens is 583 g/mol. The molecule has 8 nitrogen and oxygen atoms in total. The Bertz CT molecular complexity index is 1480. The number of methoxy groups -OCH3 is 1. The van der Waals surface area contributed by atoms with Crippen LogP contribution < -0.4 is 14.8 Å². The molecular formula is C31H36F3N3O5S. The predicted octanol–water partition coefficient (Wildman–Crippen LogP) is 4.63. The first-order valence-electron chi connectivity index (χ1n) is 14.1. The second-order valence-corrected chi connectivity index (χ2v) is 12.3. The standard InChI is InChI=1S/C29H35N3O3S.C2HF3O2/c1-35-29-12-11-22(21-30-26-18-23-7-2-3-8-24(23)19-26)17-28(29)25-9-6-10-27(20-25)36(33,34)31-13-16-32-14-4-5-15-32;3-2(4,5)1(6)7/h2-3,6-12,17,20,26,30-31H,4-5,13-16,18-19,21H2,1H3;(H,6,7). The van der Waals surface area contributed by atoms with Crippen molar-refractivity contribution < 1.29 is 36.2 Å². The van der Waals surface area contributed by atoms with Gasteiger partial charge in [-0.25, -0.2) is 17.9 Å². The molecule has 1 aliphatic carbocycles. The number of halogens is 3. The van der Waals surface area contributed by atoms with E-state index in [0.29, 0.717) is 12.6 Å². The molecule has 0 spiro atoms. The number of nitrogens with zero attached hydrogens (tertiary/aromatic N) is 1. The Balaban J connectivity index is 0.000000541. The second kappa shape index (κ2) is 14.3. The van der Waals surface area contributed by atoms with Gasteiger partial charge in [-0.05, 0) is 85.3 Å². The third-order valence-electron chi connectivity index (χ3n) is 7.53. The molecule has 12 heteroatoms. The van der Waals surface area contributed by atoms with Crippen molar-refractivity contribution >= 4 is 16.0 Å². The summed E-state index contributed by atoms with van der Waals surface area (Å²) in [4.78, 5) is 11.5. The maximum Gasteiger partial charge on any atom is 0.490 e. The average molecular weight is 620 g/mol. The molecule has 3 N–H and O–H groups in total. The smallest absolute Gasteiger partial charge is 0.490 e. The molecule has 3 aromatic carbocycles. The first-order valence-corrected chi connectivity index (χ1v) is 15.5. The number of likely N-dealkylation sites (tertiary alicyclic amines) is 1. The molecule has 232 valence electrons. The Morgan fingerprint density at radius 3 is 2.26 bits per heavy atom. The van der Waals surface area contributed by atoms with Crippen LogP contribution >= 0.6 is 0 Å². The van der Waals surface area contributed by atoms with Crippen molar-refractivity contribution in [2.75, 3.05) is 33.3 Å². The Kier molecular flexibility index (Phi) is 10.8. The first-order chi connectivity index (χ1) is 20.5. The number of rotatable bonds is 10. The molecule has 43 heavy (non-hydrogen) atoms. The fourth-order valence-corrected chi connectivity index (χ4v) is 6.38. The number of hydrogen-bond acceptors (Lipinski definition) is 6. The van der Waals surface area contributed by atoms with E-state index in [4.69, 9.17) is 14.6 Å². The van der Waals surface area contributed by atoms with Gasteiger partial charge in [-0.2, -0.15) is 13.2 Å². The lowest BCUT2D eigenvalue weighted by Gasteiger charge is -2.16. The molecule has 0 atom stereocenters. The van der Waals surface area contributed by atoms with E-state index < -0.39 is 22.2 Å². The van der Waals surface area contributed by atoms with Crippen LogP contribution in [0.1, 0.15) is 29.5 Å². The van der Waals surface area contributed by atoms with Crippen LogP contribution in [0.15, 0.2) is 71.6 Å². The zero-order chi connectivity index (χ0) is 31.0. The molecule has 0 bridgehead atoms. The Hall–Kier alpha value is -3.45. The van der Waals surface area contributed by atoms with Crippen molar-refractivity contribution in [3.8, 4) is 16.9 Å². The minimum Gasteiger partial charge on any atom is -0.496 e. The molecule has 0 saturated carbocycles. The molecule has 0 aromatic heterocycles. The molecule has 1 fully saturated rings. The van der Waals surface area contributed by atoms with Gasteiger partial charge in [0.05, 0.1) is 12.0 Å². The Labute approximate surface area is 249 Å². The molecule has 1 saturated heterocycles. The van der Waals surface area contributed by atoms with Gasteiger partial charge in [0.1, 0.15) is 5.75 Å². The number of carbonyl (C=O) groups is 1. The lowest BCUT2D eigenvalue weighted by atomic mass is 10.0. The second-order valence-electron chi connectivity index (χ2n) is 10.6. The summed E-state index contributed by atoms with van der Waals surface area (Å²) in [5, 5.41) is 10.8. The normalized spacial score (nSPS) is 15.5. The van der Waals surface area contributed by atoms with Crippen LogP contribution in [0.4, 0.5) is 13.2 Å². The van der Waals surface area contributed by atoms with Crippen molar-refractivity contribution in [2.24, 2.45) is 0 Å². The first kappa shape index (κ1) is 32.5. The topological polar surface area (TPSA) is 108 Å². The van der Waals surface area contributed by atoms with E-state index in [-0.39, 0.29) is 4.90 Å². The molecule has 1 heterocycles. The van der Waals surface area contributed by atoms with Crippen LogP contribution in [0, 0.1) is 0 Å². The summed E-state index contributed by atoms with van der Waals surface area (Å²) in [5.74, 6) is -2.03. The number of ether oxygens (including phenoxy) is 1. The maximum atomic E-state index is 13.0. The fraction of sp³-hybridized carbons (Fsp3) is 0.387. The summed E-state index contributed by atoms with van der Waals surface area (Å²) in [5.41, 5.74) is 5.71. The van der Waals surface area contributed by atoms with E-state index >= 15 is 0 Å². The fourth-order valence-electron chi connectivity index (χ4n) is 5.31. The van der Waals surface area contributed by atoms with Crippen molar-refractivity contribution in [2.45, 2.75) is 49.3 Å². The maximum absolute atomic E-state index is 13.0. The number of alkyl halides is 3. The highest BCUT2D eigenvalue weighted by Gasteiger charge is 2.38. The van der Waals surface area contributed by atoms with E-state index in [1.165, 1.54) is 24.0 Å². The van der Waals surface area contributed by atoms with Gasteiger partial charge >= 0.3 is 12.1 Å². The minimum atomic E-state index is -5.08. The number of carboxylic acids is 1. The Morgan fingerprint density at radius 1 is 1.00 bits per heavy atom. The number of nitrogens with one attached hydrogen (secondary N) is 2. The predicted molar refractivity (Wildman–Crippen MR) is 157 cm³/mol. The number of hydrogen-bond donors (Lipinski definition) is 3. The van der Waals surface area contributed by atoms with Gasteiger partial charge in [0, 0.05) is 31.2 Å². The van der Waals surface area contributed by atoms with Crippen molar-refractivity contribution in [1.82, 2.24) is 14.9 Å². The van der Waals surface area contributed by atoms with Gasteiger partial charge in [0.2, 0.25) is 10.0 Å². The van der Waals surface area contributed by atoms with Crippen molar-refractivity contribution in [3.05, 3.63) is 83.4 Å². The van der Waals surface area contributed by atoms with E-state index in [1.54, 1.807) is 25.3 Å².